The lowest BCUT2D eigenvalue weighted by atomic mass is 10.2. The van der Waals surface area contributed by atoms with Gasteiger partial charge in [-0.2, -0.15) is 0 Å². The lowest BCUT2D eigenvalue weighted by molar-refractivity contribution is -0.116. The first-order chi connectivity index (χ1) is 12.3. The summed E-state index contributed by atoms with van der Waals surface area (Å²) in [6, 6.07) is 19.1. The molecule has 5 heteroatoms. The van der Waals surface area contributed by atoms with Crippen LogP contribution in [0.4, 0.5) is 5.69 Å². The number of benzene rings is 2. The van der Waals surface area contributed by atoms with Gasteiger partial charge in [-0.05, 0) is 24.3 Å². The molecule has 4 rings (SSSR count). The summed E-state index contributed by atoms with van der Waals surface area (Å²) < 4.78 is 16.4. The van der Waals surface area contributed by atoms with Gasteiger partial charge < -0.3 is 19.2 Å². The van der Waals surface area contributed by atoms with E-state index in [0.29, 0.717) is 30.0 Å². The largest absolute Gasteiger partial charge is 0.461 e. The van der Waals surface area contributed by atoms with Crippen LogP contribution in [0.15, 0.2) is 65.1 Å². The van der Waals surface area contributed by atoms with E-state index in [2.05, 4.69) is 5.32 Å². The first kappa shape index (κ1) is 15.3. The van der Waals surface area contributed by atoms with Crippen molar-refractivity contribution in [1.29, 1.82) is 0 Å². The third kappa shape index (κ3) is 3.50. The first-order valence-corrected chi connectivity index (χ1v) is 8.11. The van der Waals surface area contributed by atoms with Gasteiger partial charge in [0, 0.05) is 30.2 Å². The van der Waals surface area contributed by atoms with Gasteiger partial charge >= 0.3 is 0 Å². The number of amides is 1. The van der Waals surface area contributed by atoms with E-state index >= 15 is 0 Å². The van der Waals surface area contributed by atoms with Gasteiger partial charge in [0.2, 0.25) is 12.7 Å². The van der Waals surface area contributed by atoms with Crippen LogP contribution in [-0.2, 0) is 11.2 Å². The number of fused-ring (bicyclic) bond motifs is 1. The number of furan rings is 1. The number of aryl methyl sites for hydroxylation is 1. The SMILES string of the molecule is O=C(CCc1ccc(-c2ccccc2)o1)Nc1ccc2c(c1)OCO2. The molecule has 1 aliphatic heterocycles. The quantitative estimate of drug-likeness (QED) is 0.757. The van der Waals surface area contributed by atoms with Gasteiger partial charge in [0.1, 0.15) is 11.5 Å². The molecular formula is C20H17NO4. The molecule has 0 radical (unpaired) electrons. The average molecular weight is 335 g/mol. The molecule has 1 aliphatic rings. The third-order valence-corrected chi connectivity index (χ3v) is 3.97. The van der Waals surface area contributed by atoms with Crippen LogP contribution in [0.5, 0.6) is 11.5 Å². The van der Waals surface area contributed by atoms with Crippen molar-refractivity contribution in [1.82, 2.24) is 0 Å². The van der Waals surface area contributed by atoms with Crippen LogP contribution in [-0.4, -0.2) is 12.7 Å². The lowest BCUT2D eigenvalue weighted by Gasteiger charge is -2.05. The van der Waals surface area contributed by atoms with Gasteiger partial charge in [-0.15, -0.1) is 0 Å². The normalized spacial score (nSPS) is 12.2. The second kappa shape index (κ2) is 6.73. The maximum atomic E-state index is 12.1. The maximum Gasteiger partial charge on any atom is 0.231 e. The Morgan fingerprint density at radius 1 is 0.960 bits per heavy atom. The molecule has 0 bridgehead atoms. The minimum Gasteiger partial charge on any atom is -0.461 e. The van der Waals surface area contributed by atoms with Crippen LogP contribution in [0.3, 0.4) is 0 Å². The number of hydrogen-bond donors (Lipinski definition) is 1. The van der Waals surface area contributed by atoms with Crippen molar-refractivity contribution in [3.63, 3.8) is 0 Å². The predicted molar refractivity (Wildman–Crippen MR) is 93.7 cm³/mol. The third-order valence-electron chi connectivity index (χ3n) is 3.97. The van der Waals surface area contributed by atoms with Gasteiger partial charge in [0.15, 0.2) is 11.5 Å². The van der Waals surface area contributed by atoms with Crippen molar-refractivity contribution in [3.8, 4) is 22.8 Å². The Hall–Kier alpha value is -3.21. The van der Waals surface area contributed by atoms with E-state index in [1.807, 2.05) is 42.5 Å². The molecule has 0 spiro atoms. The van der Waals surface area contributed by atoms with E-state index in [4.69, 9.17) is 13.9 Å². The maximum absolute atomic E-state index is 12.1. The summed E-state index contributed by atoms with van der Waals surface area (Å²) in [5.74, 6) is 2.88. The summed E-state index contributed by atoms with van der Waals surface area (Å²) >= 11 is 0. The Morgan fingerprint density at radius 3 is 2.68 bits per heavy atom. The fourth-order valence-corrected chi connectivity index (χ4v) is 2.70. The van der Waals surface area contributed by atoms with Gasteiger partial charge in [-0.1, -0.05) is 30.3 Å². The lowest BCUT2D eigenvalue weighted by Crippen LogP contribution is -2.12. The van der Waals surface area contributed by atoms with Gasteiger partial charge in [-0.25, -0.2) is 0 Å². The monoisotopic (exact) mass is 335 g/mol. The molecule has 1 N–H and O–H groups in total. The second-order valence-electron chi connectivity index (χ2n) is 5.75. The van der Waals surface area contributed by atoms with Crippen LogP contribution in [0.25, 0.3) is 11.3 Å². The molecule has 0 saturated heterocycles. The van der Waals surface area contributed by atoms with Crippen LogP contribution >= 0.6 is 0 Å². The summed E-state index contributed by atoms with van der Waals surface area (Å²) in [6.07, 6.45) is 0.888. The summed E-state index contributed by atoms with van der Waals surface area (Å²) in [6.45, 7) is 0.217. The van der Waals surface area contributed by atoms with Crippen molar-refractivity contribution in [2.75, 3.05) is 12.1 Å². The molecule has 0 unspecified atom stereocenters. The zero-order valence-corrected chi connectivity index (χ0v) is 13.5. The van der Waals surface area contributed by atoms with Crippen molar-refractivity contribution < 1.29 is 18.7 Å². The number of rotatable bonds is 5. The number of nitrogens with one attached hydrogen (secondary N) is 1. The summed E-state index contributed by atoms with van der Waals surface area (Å²) in [7, 11) is 0. The van der Waals surface area contributed by atoms with Gasteiger partial charge in [-0.3, -0.25) is 4.79 Å². The van der Waals surface area contributed by atoms with E-state index < -0.39 is 0 Å². The molecule has 2 aromatic carbocycles. The molecule has 0 atom stereocenters. The number of hydrogen-bond acceptors (Lipinski definition) is 4. The molecule has 0 aliphatic carbocycles. The van der Waals surface area contributed by atoms with E-state index in [0.717, 1.165) is 17.1 Å². The summed E-state index contributed by atoms with van der Waals surface area (Å²) in [5.41, 5.74) is 1.72. The summed E-state index contributed by atoms with van der Waals surface area (Å²) in [4.78, 5) is 12.1. The second-order valence-corrected chi connectivity index (χ2v) is 5.75. The van der Waals surface area contributed by atoms with Crippen LogP contribution in [0.1, 0.15) is 12.2 Å². The van der Waals surface area contributed by atoms with Crippen molar-refractivity contribution >= 4 is 11.6 Å². The minimum absolute atomic E-state index is 0.0727. The molecule has 3 aromatic rings. The van der Waals surface area contributed by atoms with Crippen molar-refractivity contribution in [2.45, 2.75) is 12.8 Å². The Balaban J connectivity index is 1.34. The Labute approximate surface area is 145 Å². The first-order valence-electron chi connectivity index (χ1n) is 8.11. The van der Waals surface area contributed by atoms with Crippen LogP contribution < -0.4 is 14.8 Å². The van der Waals surface area contributed by atoms with Crippen LogP contribution in [0.2, 0.25) is 0 Å². The van der Waals surface area contributed by atoms with Crippen LogP contribution in [0, 0.1) is 0 Å². The highest BCUT2D eigenvalue weighted by atomic mass is 16.7. The predicted octanol–water partition coefficient (Wildman–Crippen LogP) is 4.25. The Kier molecular flexibility index (Phi) is 4.12. The van der Waals surface area contributed by atoms with Gasteiger partial charge in [0.25, 0.3) is 0 Å². The smallest absolute Gasteiger partial charge is 0.231 e. The Morgan fingerprint density at radius 2 is 1.80 bits per heavy atom. The molecule has 2 heterocycles. The van der Waals surface area contributed by atoms with E-state index in [-0.39, 0.29) is 12.7 Å². The van der Waals surface area contributed by atoms with Gasteiger partial charge in [0.05, 0.1) is 0 Å². The highest BCUT2D eigenvalue weighted by Crippen LogP contribution is 2.34. The standard InChI is InChI=1S/C20H17NO4/c22-20(21-15-6-9-18-19(12-15)24-13-23-18)11-8-16-7-10-17(25-16)14-4-2-1-3-5-14/h1-7,9-10,12H,8,11,13H2,(H,21,22). The number of ether oxygens (including phenoxy) is 2. The molecule has 25 heavy (non-hydrogen) atoms. The fourth-order valence-electron chi connectivity index (χ4n) is 2.70. The highest BCUT2D eigenvalue weighted by molar-refractivity contribution is 5.91. The highest BCUT2D eigenvalue weighted by Gasteiger charge is 2.14. The van der Waals surface area contributed by atoms with E-state index in [9.17, 15) is 4.79 Å². The molecule has 126 valence electrons. The summed E-state index contributed by atoms with van der Waals surface area (Å²) in [5, 5.41) is 2.86. The Bertz CT molecular complexity index is 886. The fraction of sp³-hybridized carbons (Fsp3) is 0.150. The topological polar surface area (TPSA) is 60.7 Å². The van der Waals surface area contributed by atoms with E-state index in [1.54, 1.807) is 18.2 Å². The van der Waals surface area contributed by atoms with Crippen molar-refractivity contribution in [2.24, 2.45) is 0 Å². The number of carbonyl (C=O) groups is 1. The molecular weight excluding hydrogens is 318 g/mol. The molecule has 1 amide bonds. The minimum atomic E-state index is -0.0727. The molecule has 0 saturated carbocycles. The number of carbonyl (C=O) groups excluding carboxylic acids is 1. The van der Waals surface area contributed by atoms with E-state index in [1.165, 1.54) is 0 Å². The average Bonchev–Trinajstić information content (AvgIpc) is 3.30. The molecule has 5 nitrogen and oxygen atoms in total. The zero-order chi connectivity index (χ0) is 17.1. The molecule has 1 aromatic heterocycles. The number of anilines is 1. The molecule has 0 fully saturated rings. The zero-order valence-electron chi connectivity index (χ0n) is 13.5. The van der Waals surface area contributed by atoms with Crippen molar-refractivity contribution in [3.05, 3.63) is 66.4 Å².